The molecule has 0 aromatic heterocycles. The minimum absolute atomic E-state index is 0.359. The first-order valence-corrected chi connectivity index (χ1v) is 7.12. The van der Waals surface area contributed by atoms with Crippen LogP contribution >= 0.6 is 11.6 Å². The summed E-state index contributed by atoms with van der Waals surface area (Å²) in [5, 5.41) is 10.9. The molecule has 19 heavy (non-hydrogen) atoms. The molecule has 0 radical (unpaired) electrons. The van der Waals surface area contributed by atoms with Crippen molar-refractivity contribution in [3.05, 3.63) is 34.6 Å². The van der Waals surface area contributed by atoms with Gasteiger partial charge in [0, 0.05) is 18.6 Å². The van der Waals surface area contributed by atoms with Crippen molar-refractivity contribution < 1.29 is 14.2 Å². The average molecular weight is 287 g/mol. The Morgan fingerprint density at radius 2 is 2.05 bits per heavy atom. The Balaban J connectivity index is 2.12. The Bertz CT molecular complexity index is 430. The third-order valence-electron chi connectivity index (χ3n) is 4.14. The smallest absolute Gasteiger partial charge is 0.124 e. The predicted molar refractivity (Wildman–Crippen MR) is 73.9 cm³/mol. The van der Waals surface area contributed by atoms with Crippen LogP contribution in [0.15, 0.2) is 18.2 Å². The van der Waals surface area contributed by atoms with Crippen molar-refractivity contribution in [1.29, 1.82) is 0 Å². The van der Waals surface area contributed by atoms with E-state index in [0.717, 1.165) is 31.2 Å². The lowest BCUT2D eigenvalue weighted by Crippen LogP contribution is -2.46. The third-order valence-corrected chi connectivity index (χ3v) is 4.49. The van der Waals surface area contributed by atoms with E-state index in [0.29, 0.717) is 11.4 Å². The number of methoxy groups -OCH3 is 1. The second-order valence-corrected chi connectivity index (χ2v) is 5.69. The zero-order chi connectivity index (χ0) is 13.9. The van der Waals surface area contributed by atoms with Gasteiger partial charge >= 0.3 is 0 Å². The monoisotopic (exact) mass is 286 g/mol. The maximum absolute atomic E-state index is 13.0. The van der Waals surface area contributed by atoms with Gasteiger partial charge in [0.05, 0.1) is 11.7 Å². The molecular formula is C15H20ClFO2. The fraction of sp³-hybridized carbons (Fsp3) is 0.600. The molecule has 0 spiro atoms. The van der Waals surface area contributed by atoms with Crippen LogP contribution in [0, 0.1) is 5.82 Å². The normalized spacial score (nSPS) is 20.2. The summed E-state index contributed by atoms with van der Waals surface area (Å²) >= 11 is 6.01. The van der Waals surface area contributed by atoms with Crippen LogP contribution in [0.2, 0.25) is 5.02 Å². The molecule has 4 heteroatoms. The maximum atomic E-state index is 13.0. The van der Waals surface area contributed by atoms with Crippen molar-refractivity contribution in [3.63, 3.8) is 0 Å². The summed E-state index contributed by atoms with van der Waals surface area (Å²) in [6, 6.07) is 4.28. The van der Waals surface area contributed by atoms with Gasteiger partial charge in [0.25, 0.3) is 0 Å². The van der Waals surface area contributed by atoms with Crippen molar-refractivity contribution >= 4 is 11.6 Å². The molecule has 1 saturated carbocycles. The number of hydrogen-bond donors (Lipinski definition) is 1. The van der Waals surface area contributed by atoms with E-state index < -0.39 is 11.7 Å². The lowest BCUT2D eigenvalue weighted by Gasteiger charge is -2.40. The van der Waals surface area contributed by atoms with E-state index >= 15 is 0 Å². The van der Waals surface area contributed by atoms with Crippen molar-refractivity contribution in [2.45, 2.75) is 50.2 Å². The summed E-state index contributed by atoms with van der Waals surface area (Å²) in [6.45, 7) is 0. The van der Waals surface area contributed by atoms with Crippen molar-refractivity contribution in [2.75, 3.05) is 7.11 Å². The lowest BCUT2D eigenvalue weighted by atomic mass is 9.78. The summed E-state index contributed by atoms with van der Waals surface area (Å²) in [7, 11) is 1.65. The largest absolute Gasteiger partial charge is 0.390 e. The van der Waals surface area contributed by atoms with Gasteiger partial charge in [0.2, 0.25) is 0 Å². The van der Waals surface area contributed by atoms with E-state index in [2.05, 4.69) is 0 Å². The number of ether oxygens (including phenoxy) is 1. The fourth-order valence-electron chi connectivity index (χ4n) is 2.91. The molecular weight excluding hydrogens is 267 g/mol. The molecule has 1 aromatic carbocycles. The minimum Gasteiger partial charge on any atom is -0.390 e. The average Bonchev–Trinajstić information content (AvgIpc) is 2.42. The van der Waals surface area contributed by atoms with E-state index in [4.69, 9.17) is 16.3 Å². The Morgan fingerprint density at radius 1 is 1.37 bits per heavy atom. The maximum Gasteiger partial charge on any atom is 0.124 e. The van der Waals surface area contributed by atoms with Crippen LogP contribution in [0.3, 0.4) is 0 Å². The quantitative estimate of drug-likeness (QED) is 0.914. The molecule has 2 rings (SSSR count). The summed E-state index contributed by atoms with van der Waals surface area (Å²) in [6.07, 6.45) is 4.85. The van der Waals surface area contributed by atoms with Gasteiger partial charge in [0.1, 0.15) is 5.82 Å². The molecule has 1 unspecified atom stereocenters. The Hall–Kier alpha value is -0.640. The summed E-state index contributed by atoms with van der Waals surface area (Å²) in [4.78, 5) is 0. The number of aliphatic hydroxyl groups is 1. The number of halogens is 2. The van der Waals surface area contributed by atoms with Crippen LogP contribution in [0.1, 0.15) is 37.7 Å². The van der Waals surface area contributed by atoms with Crippen LogP contribution in [0.25, 0.3) is 0 Å². The van der Waals surface area contributed by atoms with Gasteiger partial charge in [-0.05, 0) is 30.5 Å². The van der Waals surface area contributed by atoms with E-state index in [9.17, 15) is 9.50 Å². The van der Waals surface area contributed by atoms with Gasteiger partial charge in [-0.15, -0.1) is 0 Å². The zero-order valence-electron chi connectivity index (χ0n) is 11.2. The topological polar surface area (TPSA) is 29.5 Å². The first-order valence-electron chi connectivity index (χ1n) is 6.74. The second kappa shape index (κ2) is 6.21. The molecule has 0 amide bonds. The van der Waals surface area contributed by atoms with Crippen LogP contribution in [-0.4, -0.2) is 23.9 Å². The molecule has 1 atom stereocenters. The molecule has 1 aromatic rings. The third kappa shape index (κ3) is 3.28. The molecule has 0 heterocycles. The Labute approximate surface area is 118 Å². The highest BCUT2D eigenvalue weighted by molar-refractivity contribution is 6.31. The van der Waals surface area contributed by atoms with Gasteiger partial charge < -0.3 is 9.84 Å². The van der Waals surface area contributed by atoms with Gasteiger partial charge in [-0.2, -0.15) is 0 Å². The van der Waals surface area contributed by atoms with Crippen molar-refractivity contribution in [3.8, 4) is 0 Å². The van der Waals surface area contributed by atoms with Crippen LogP contribution in [0.5, 0.6) is 0 Å². The summed E-state index contributed by atoms with van der Waals surface area (Å²) < 4.78 is 18.6. The number of rotatable bonds is 4. The van der Waals surface area contributed by atoms with Crippen LogP contribution < -0.4 is 0 Å². The fourth-order valence-corrected chi connectivity index (χ4v) is 3.15. The molecule has 0 saturated heterocycles. The molecule has 1 aliphatic rings. The SMILES string of the molecule is COC1(C(O)Cc2ccc(F)cc2Cl)CCCCC1. The Kier molecular flexibility index (Phi) is 4.82. The predicted octanol–water partition coefficient (Wildman–Crippen LogP) is 3.73. The molecule has 2 nitrogen and oxygen atoms in total. The highest BCUT2D eigenvalue weighted by atomic mass is 35.5. The molecule has 0 aliphatic heterocycles. The number of benzene rings is 1. The van der Waals surface area contributed by atoms with Gasteiger partial charge in [-0.25, -0.2) is 4.39 Å². The van der Waals surface area contributed by atoms with Gasteiger partial charge in [0.15, 0.2) is 0 Å². The number of hydrogen-bond acceptors (Lipinski definition) is 2. The zero-order valence-corrected chi connectivity index (χ0v) is 11.9. The molecule has 1 N–H and O–H groups in total. The van der Waals surface area contributed by atoms with Crippen LogP contribution in [-0.2, 0) is 11.2 Å². The van der Waals surface area contributed by atoms with Crippen molar-refractivity contribution in [1.82, 2.24) is 0 Å². The highest BCUT2D eigenvalue weighted by Crippen LogP contribution is 2.36. The molecule has 1 aliphatic carbocycles. The molecule has 0 bridgehead atoms. The second-order valence-electron chi connectivity index (χ2n) is 5.29. The van der Waals surface area contributed by atoms with E-state index in [1.807, 2.05) is 0 Å². The highest BCUT2D eigenvalue weighted by Gasteiger charge is 2.39. The van der Waals surface area contributed by atoms with E-state index in [-0.39, 0.29) is 5.82 Å². The standard InChI is InChI=1S/C15H20ClFO2/c1-19-15(7-3-2-4-8-15)14(18)9-11-5-6-12(17)10-13(11)16/h5-6,10,14,18H,2-4,7-9H2,1H3. The van der Waals surface area contributed by atoms with Crippen LogP contribution in [0.4, 0.5) is 4.39 Å². The first-order chi connectivity index (χ1) is 9.07. The Morgan fingerprint density at radius 3 is 2.63 bits per heavy atom. The lowest BCUT2D eigenvalue weighted by molar-refractivity contribution is -0.122. The van der Waals surface area contributed by atoms with E-state index in [1.165, 1.54) is 18.6 Å². The summed E-state index contributed by atoms with van der Waals surface area (Å²) in [5.74, 6) is -0.359. The number of aliphatic hydroxyl groups excluding tert-OH is 1. The molecule has 1 fully saturated rings. The molecule has 106 valence electrons. The first kappa shape index (κ1) is 14.8. The van der Waals surface area contributed by atoms with Crippen molar-refractivity contribution in [2.24, 2.45) is 0 Å². The minimum atomic E-state index is -0.610. The van der Waals surface area contributed by atoms with Gasteiger partial charge in [-0.1, -0.05) is 36.9 Å². The van der Waals surface area contributed by atoms with E-state index in [1.54, 1.807) is 13.2 Å². The summed E-state index contributed by atoms with van der Waals surface area (Å²) in [5.41, 5.74) is 0.285. The van der Waals surface area contributed by atoms with Gasteiger partial charge in [-0.3, -0.25) is 0 Å².